The minimum absolute atomic E-state index is 0.187. The van der Waals surface area contributed by atoms with Gasteiger partial charge in [0.15, 0.2) is 11.5 Å². The lowest BCUT2D eigenvalue weighted by atomic mass is 10.1. The van der Waals surface area contributed by atoms with Crippen LogP contribution >= 0.6 is 0 Å². The van der Waals surface area contributed by atoms with Crippen LogP contribution in [0.2, 0.25) is 0 Å². The van der Waals surface area contributed by atoms with E-state index in [0.717, 1.165) is 24.2 Å². The number of para-hydroxylation sites is 3. The summed E-state index contributed by atoms with van der Waals surface area (Å²) < 4.78 is 17.8. The highest BCUT2D eigenvalue weighted by atomic mass is 16.6. The molecule has 1 aliphatic carbocycles. The maximum Gasteiger partial charge on any atom is 0.265 e. The second kappa shape index (κ2) is 7.91. The van der Waals surface area contributed by atoms with Gasteiger partial charge in [-0.05, 0) is 50.8 Å². The second-order valence-corrected chi connectivity index (χ2v) is 7.16. The molecule has 0 bridgehead atoms. The average molecular weight is 367 g/mol. The number of amides is 1. The SMILES string of the molecule is CC1Oc2ccccc2OC1C(=O)NCc1ccccc1OC1CCCC1. The maximum absolute atomic E-state index is 12.7. The Kier molecular flexibility index (Phi) is 5.19. The third-order valence-corrected chi connectivity index (χ3v) is 5.12. The van der Waals surface area contributed by atoms with Crippen molar-refractivity contribution in [2.24, 2.45) is 0 Å². The molecule has 4 rings (SSSR count). The third kappa shape index (κ3) is 4.02. The predicted octanol–water partition coefficient (Wildman–Crippen LogP) is 3.85. The molecule has 2 unspecified atom stereocenters. The molecule has 5 heteroatoms. The van der Waals surface area contributed by atoms with E-state index in [2.05, 4.69) is 5.32 Å². The zero-order valence-electron chi connectivity index (χ0n) is 15.5. The molecule has 0 spiro atoms. The van der Waals surface area contributed by atoms with Crippen LogP contribution in [0, 0.1) is 0 Å². The predicted molar refractivity (Wildman–Crippen MR) is 102 cm³/mol. The molecule has 2 aromatic carbocycles. The van der Waals surface area contributed by atoms with Crippen LogP contribution in [0.1, 0.15) is 38.2 Å². The summed E-state index contributed by atoms with van der Waals surface area (Å²) in [4.78, 5) is 12.7. The Morgan fingerprint density at radius 1 is 1.04 bits per heavy atom. The van der Waals surface area contributed by atoms with Crippen LogP contribution in [0.3, 0.4) is 0 Å². The Hall–Kier alpha value is -2.69. The molecule has 1 aliphatic heterocycles. The summed E-state index contributed by atoms with van der Waals surface area (Å²) in [6, 6.07) is 15.3. The molecule has 0 radical (unpaired) electrons. The van der Waals surface area contributed by atoms with Gasteiger partial charge in [0.2, 0.25) is 6.10 Å². The normalized spacial score (nSPS) is 21.7. The quantitative estimate of drug-likeness (QED) is 0.872. The van der Waals surface area contributed by atoms with Crippen LogP contribution < -0.4 is 19.5 Å². The van der Waals surface area contributed by atoms with Gasteiger partial charge in [-0.25, -0.2) is 0 Å². The summed E-state index contributed by atoms with van der Waals surface area (Å²) >= 11 is 0. The Morgan fingerprint density at radius 2 is 1.70 bits per heavy atom. The van der Waals surface area contributed by atoms with E-state index < -0.39 is 6.10 Å². The molecule has 2 atom stereocenters. The average Bonchev–Trinajstić information content (AvgIpc) is 3.19. The van der Waals surface area contributed by atoms with Gasteiger partial charge in [-0.3, -0.25) is 4.79 Å². The minimum Gasteiger partial charge on any atom is -0.490 e. The largest absolute Gasteiger partial charge is 0.490 e. The number of benzene rings is 2. The monoisotopic (exact) mass is 367 g/mol. The number of carbonyl (C=O) groups excluding carboxylic acids is 1. The summed E-state index contributed by atoms with van der Waals surface area (Å²) in [5.74, 6) is 1.93. The number of fused-ring (bicyclic) bond motifs is 1. The maximum atomic E-state index is 12.7. The van der Waals surface area contributed by atoms with Gasteiger partial charge in [0.25, 0.3) is 5.91 Å². The van der Waals surface area contributed by atoms with Crippen molar-refractivity contribution in [1.29, 1.82) is 0 Å². The van der Waals surface area contributed by atoms with Crippen LogP contribution in [0.25, 0.3) is 0 Å². The van der Waals surface area contributed by atoms with Gasteiger partial charge < -0.3 is 19.5 Å². The molecule has 0 aromatic heterocycles. The number of carbonyl (C=O) groups is 1. The Morgan fingerprint density at radius 3 is 2.48 bits per heavy atom. The van der Waals surface area contributed by atoms with E-state index in [-0.39, 0.29) is 18.1 Å². The topological polar surface area (TPSA) is 56.8 Å². The summed E-state index contributed by atoms with van der Waals surface area (Å²) in [5.41, 5.74) is 0.975. The Bertz CT molecular complexity index is 800. The first-order valence-electron chi connectivity index (χ1n) is 9.65. The molecule has 1 heterocycles. The fourth-order valence-corrected chi connectivity index (χ4v) is 3.64. The molecule has 5 nitrogen and oxygen atoms in total. The lowest BCUT2D eigenvalue weighted by molar-refractivity contribution is -0.133. The van der Waals surface area contributed by atoms with E-state index in [1.165, 1.54) is 12.8 Å². The highest BCUT2D eigenvalue weighted by molar-refractivity contribution is 5.82. The fourth-order valence-electron chi connectivity index (χ4n) is 3.64. The van der Waals surface area contributed by atoms with E-state index in [1.807, 2.05) is 55.5 Å². The van der Waals surface area contributed by atoms with Crippen LogP contribution in [-0.2, 0) is 11.3 Å². The molecule has 1 amide bonds. The summed E-state index contributed by atoms with van der Waals surface area (Å²) in [6.07, 6.45) is 3.90. The number of hydrogen-bond donors (Lipinski definition) is 1. The molecule has 1 fully saturated rings. The van der Waals surface area contributed by atoms with E-state index in [9.17, 15) is 4.79 Å². The van der Waals surface area contributed by atoms with Gasteiger partial charge in [-0.15, -0.1) is 0 Å². The molecule has 2 aliphatic rings. The third-order valence-electron chi connectivity index (χ3n) is 5.12. The van der Waals surface area contributed by atoms with Gasteiger partial charge in [-0.1, -0.05) is 30.3 Å². The summed E-state index contributed by atoms with van der Waals surface area (Å²) in [5, 5.41) is 2.97. The van der Waals surface area contributed by atoms with Crippen molar-refractivity contribution in [3.05, 3.63) is 54.1 Å². The van der Waals surface area contributed by atoms with E-state index in [0.29, 0.717) is 18.0 Å². The Balaban J connectivity index is 1.39. The molecule has 0 saturated heterocycles. The smallest absolute Gasteiger partial charge is 0.265 e. The van der Waals surface area contributed by atoms with Crippen molar-refractivity contribution in [3.63, 3.8) is 0 Å². The first kappa shape index (κ1) is 17.7. The van der Waals surface area contributed by atoms with Crippen molar-refractivity contribution in [2.75, 3.05) is 0 Å². The van der Waals surface area contributed by atoms with Gasteiger partial charge in [0.05, 0.1) is 6.10 Å². The second-order valence-electron chi connectivity index (χ2n) is 7.16. The van der Waals surface area contributed by atoms with Crippen molar-refractivity contribution >= 4 is 5.91 Å². The first-order valence-corrected chi connectivity index (χ1v) is 9.65. The van der Waals surface area contributed by atoms with Crippen molar-refractivity contribution < 1.29 is 19.0 Å². The van der Waals surface area contributed by atoms with E-state index >= 15 is 0 Å². The van der Waals surface area contributed by atoms with Crippen LogP contribution in [0.4, 0.5) is 0 Å². The molecular weight excluding hydrogens is 342 g/mol. The van der Waals surface area contributed by atoms with Gasteiger partial charge in [0, 0.05) is 12.1 Å². The van der Waals surface area contributed by atoms with Crippen molar-refractivity contribution in [2.45, 2.75) is 57.5 Å². The van der Waals surface area contributed by atoms with Crippen LogP contribution in [0.15, 0.2) is 48.5 Å². The molecule has 1 saturated carbocycles. The zero-order valence-corrected chi connectivity index (χ0v) is 15.5. The molecule has 2 aromatic rings. The molecular formula is C22H25NO4. The van der Waals surface area contributed by atoms with Crippen LogP contribution in [-0.4, -0.2) is 24.2 Å². The highest BCUT2D eigenvalue weighted by Gasteiger charge is 2.34. The van der Waals surface area contributed by atoms with Crippen molar-refractivity contribution in [1.82, 2.24) is 5.32 Å². The Labute approximate surface area is 159 Å². The van der Waals surface area contributed by atoms with Crippen LogP contribution in [0.5, 0.6) is 17.2 Å². The van der Waals surface area contributed by atoms with Gasteiger partial charge in [0.1, 0.15) is 11.9 Å². The fraction of sp³-hybridized carbons (Fsp3) is 0.409. The number of rotatable bonds is 5. The van der Waals surface area contributed by atoms with E-state index in [4.69, 9.17) is 14.2 Å². The highest BCUT2D eigenvalue weighted by Crippen LogP contribution is 2.33. The minimum atomic E-state index is -0.678. The first-order chi connectivity index (χ1) is 13.2. The molecule has 142 valence electrons. The molecule has 27 heavy (non-hydrogen) atoms. The standard InChI is InChI=1S/C22H25NO4/c1-15-21(27-20-13-7-6-12-19(20)25-15)22(24)23-14-16-8-2-5-11-18(16)26-17-9-3-4-10-17/h2,5-8,11-13,15,17,21H,3-4,9-10,14H2,1H3,(H,23,24). The van der Waals surface area contributed by atoms with E-state index in [1.54, 1.807) is 0 Å². The lowest BCUT2D eigenvalue weighted by Gasteiger charge is -2.31. The number of hydrogen-bond acceptors (Lipinski definition) is 4. The zero-order chi connectivity index (χ0) is 18.6. The summed E-state index contributed by atoms with van der Waals surface area (Å²) in [7, 11) is 0. The lowest BCUT2D eigenvalue weighted by Crippen LogP contribution is -2.48. The molecule has 1 N–H and O–H groups in total. The number of nitrogens with one attached hydrogen (secondary N) is 1. The van der Waals surface area contributed by atoms with Gasteiger partial charge in [-0.2, -0.15) is 0 Å². The number of ether oxygens (including phenoxy) is 3. The van der Waals surface area contributed by atoms with Gasteiger partial charge >= 0.3 is 0 Å². The van der Waals surface area contributed by atoms with Crippen molar-refractivity contribution in [3.8, 4) is 17.2 Å². The summed E-state index contributed by atoms with van der Waals surface area (Å²) in [6.45, 7) is 2.24.